The second kappa shape index (κ2) is 5.25. The molecule has 0 aliphatic carbocycles. The number of carbonyl (C=O) groups excluding carboxylic acids is 1. The quantitative estimate of drug-likeness (QED) is 0.685. The van der Waals surface area contributed by atoms with Gasteiger partial charge >= 0.3 is 7.60 Å². The third-order valence-electron chi connectivity index (χ3n) is 2.19. The Labute approximate surface area is 93.7 Å². The second-order valence-electron chi connectivity index (χ2n) is 3.47. The van der Waals surface area contributed by atoms with E-state index in [0.717, 1.165) is 5.56 Å². The van der Waals surface area contributed by atoms with Crippen LogP contribution in [0.1, 0.15) is 12.5 Å². The van der Waals surface area contributed by atoms with Crippen molar-refractivity contribution in [3.05, 3.63) is 35.9 Å². The first-order chi connectivity index (χ1) is 7.41. The fourth-order valence-electron chi connectivity index (χ4n) is 1.09. The molecule has 0 aliphatic rings. The van der Waals surface area contributed by atoms with Gasteiger partial charge < -0.3 is 15.1 Å². The highest BCUT2D eigenvalue weighted by Gasteiger charge is 2.30. The summed E-state index contributed by atoms with van der Waals surface area (Å²) < 4.78 is 10.8. The van der Waals surface area contributed by atoms with E-state index in [0.29, 0.717) is 0 Å². The Balaban J connectivity index is 2.51. The summed E-state index contributed by atoms with van der Waals surface area (Å²) in [5, 5.41) is 2.47. The lowest BCUT2D eigenvalue weighted by Gasteiger charge is -2.13. The first-order valence-electron chi connectivity index (χ1n) is 4.78. The van der Waals surface area contributed by atoms with E-state index in [2.05, 4.69) is 5.32 Å². The first-order valence-corrected chi connectivity index (χ1v) is 6.46. The maximum atomic E-state index is 11.4. The van der Waals surface area contributed by atoms with Crippen LogP contribution in [0.3, 0.4) is 0 Å². The molecule has 0 aromatic heterocycles. The largest absolute Gasteiger partial charge is 0.351 e. The molecule has 1 rings (SSSR count). The fraction of sp³-hybridized carbons (Fsp3) is 0.300. The van der Waals surface area contributed by atoms with E-state index >= 15 is 0 Å². The Morgan fingerprint density at radius 3 is 2.44 bits per heavy atom. The molecule has 0 aliphatic heterocycles. The molecule has 0 bridgehead atoms. The van der Waals surface area contributed by atoms with Crippen molar-refractivity contribution in [2.24, 2.45) is 0 Å². The van der Waals surface area contributed by atoms with Crippen molar-refractivity contribution in [1.82, 2.24) is 5.32 Å². The third-order valence-corrected chi connectivity index (χ3v) is 3.44. The van der Waals surface area contributed by atoms with Crippen molar-refractivity contribution in [3.63, 3.8) is 0 Å². The van der Waals surface area contributed by atoms with Crippen molar-refractivity contribution in [2.45, 2.75) is 19.1 Å². The molecule has 6 heteroatoms. The predicted molar refractivity (Wildman–Crippen MR) is 59.8 cm³/mol. The Hall–Kier alpha value is -1.16. The molecule has 1 amide bonds. The molecule has 0 saturated carbocycles. The van der Waals surface area contributed by atoms with E-state index in [1.54, 1.807) is 0 Å². The fourth-order valence-corrected chi connectivity index (χ4v) is 1.48. The van der Waals surface area contributed by atoms with Crippen LogP contribution in [-0.2, 0) is 15.9 Å². The normalized spacial score (nSPS) is 13.2. The van der Waals surface area contributed by atoms with Gasteiger partial charge in [0, 0.05) is 6.54 Å². The number of amides is 1. The van der Waals surface area contributed by atoms with Gasteiger partial charge in [-0.3, -0.25) is 9.36 Å². The van der Waals surface area contributed by atoms with E-state index in [1.807, 2.05) is 30.3 Å². The molecular weight excluding hydrogens is 229 g/mol. The number of carbonyl (C=O) groups is 1. The summed E-state index contributed by atoms with van der Waals surface area (Å²) >= 11 is 0. The highest BCUT2D eigenvalue weighted by atomic mass is 31.2. The van der Waals surface area contributed by atoms with E-state index in [-0.39, 0.29) is 6.54 Å². The number of rotatable bonds is 4. The summed E-state index contributed by atoms with van der Waals surface area (Å²) in [5.74, 6) is -0.641. The first kappa shape index (κ1) is 12.9. The van der Waals surface area contributed by atoms with Crippen molar-refractivity contribution in [2.75, 3.05) is 0 Å². The summed E-state index contributed by atoms with van der Waals surface area (Å²) in [4.78, 5) is 29.0. The van der Waals surface area contributed by atoms with Crippen molar-refractivity contribution >= 4 is 13.5 Å². The molecule has 88 valence electrons. The topological polar surface area (TPSA) is 86.6 Å². The molecule has 0 spiro atoms. The van der Waals surface area contributed by atoms with Gasteiger partial charge in [-0.25, -0.2) is 0 Å². The zero-order valence-electron chi connectivity index (χ0n) is 8.83. The molecule has 0 heterocycles. The second-order valence-corrected chi connectivity index (χ2v) is 5.42. The monoisotopic (exact) mass is 243 g/mol. The molecule has 5 nitrogen and oxygen atoms in total. The van der Waals surface area contributed by atoms with Crippen LogP contribution in [0, 0.1) is 0 Å². The molecule has 1 aromatic carbocycles. The number of benzene rings is 1. The molecule has 1 aromatic rings. The minimum absolute atomic E-state index is 0.268. The van der Waals surface area contributed by atoms with Gasteiger partial charge in [-0.2, -0.15) is 0 Å². The molecular formula is C10H14NO4P. The van der Waals surface area contributed by atoms with E-state index in [4.69, 9.17) is 9.79 Å². The summed E-state index contributed by atoms with van der Waals surface area (Å²) in [5.41, 5.74) is -0.426. The molecule has 1 atom stereocenters. The lowest BCUT2D eigenvalue weighted by atomic mass is 10.2. The van der Waals surface area contributed by atoms with E-state index in [9.17, 15) is 9.36 Å². The van der Waals surface area contributed by atoms with Gasteiger partial charge in [0.2, 0.25) is 5.91 Å². The average Bonchev–Trinajstić information content (AvgIpc) is 2.25. The van der Waals surface area contributed by atoms with Gasteiger partial charge in [-0.05, 0) is 12.5 Å². The maximum absolute atomic E-state index is 11.4. The molecule has 0 saturated heterocycles. The Kier molecular flexibility index (Phi) is 4.24. The van der Waals surface area contributed by atoms with Crippen LogP contribution in [0.2, 0.25) is 0 Å². The van der Waals surface area contributed by atoms with Crippen LogP contribution in [0.4, 0.5) is 0 Å². The maximum Gasteiger partial charge on any atom is 0.337 e. The van der Waals surface area contributed by atoms with Crippen LogP contribution in [0.5, 0.6) is 0 Å². The lowest BCUT2D eigenvalue weighted by molar-refractivity contribution is -0.120. The summed E-state index contributed by atoms with van der Waals surface area (Å²) in [6.07, 6.45) is 0. The molecule has 16 heavy (non-hydrogen) atoms. The van der Waals surface area contributed by atoms with Crippen LogP contribution in [0.25, 0.3) is 0 Å². The van der Waals surface area contributed by atoms with Gasteiger partial charge in [-0.15, -0.1) is 0 Å². The highest BCUT2D eigenvalue weighted by molar-refractivity contribution is 7.53. The third kappa shape index (κ3) is 3.77. The van der Waals surface area contributed by atoms with E-state index in [1.165, 1.54) is 6.92 Å². The standard InChI is InChI=1S/C10H14NO4P/c1-8(16(13,14)15)10(12)11-7-9-5-3-2-4-6-9/h2-6,8H,7H2,1H3,(H,11,12)(H2,13,14,15). The van der Waals surface area contributed by atoms with Gasteiger partial charge in [0.1, 0.15) is 5.66 Å². The SMILES string of the molecule is CC(C(=O)NCc1ccccc1)P(=O)(O)O. The average molecular weight is 243 g/mol. The van der Waals surface area contributed by atoms with Crippen molar-refractivity contribution in [3.8, 4) is 0 Å². The number of hydrogen-bond acceptors (Lipinski definition) is 2. The zero-order valence-corrected chi connectivity index (χ0v) is 9.72. The van der Waals surface area contributed by atoms with Crippen LogP contribution in [0.15, 0.2) is 30.3 Å². The lowest BCUT2D eigenvalue weighted by Crippen LogP contribution is -2.32. The minimum atomic E-state index is -4.35. The van der Waals surface area contributed by atoms with Gasteiger partial charge in [0.25, 0.3) is 0 Å². The van der Waals surface area contributed by atoms with E-state index < -0.39 is 19.2 Å². The molecule has 0 radical (unpaired) electrons. The number of nitrogens with one attached hydrogen (secondary N) is 1. The van der Waals surface area contributed by atoms with Crippen LogP contribution >= 0.6 is 7.60 Å². The predicted octanol–water partition coefficient (Wildman–Crippen LogP) is 0.869. The van der Waals surface area contributed by atoms with Crippen molar-refractivity contribution in [1.29, 1.82) is 0 Å². The Bertz CT molecular complexity index is 401. The van der Waals surface area contributed by atoms with Gasteiger partial charge in [0.15, 0.2) is 0 Å². The Morgan fingerprint density at radius 1 is 1.38 bits per heavy atom. The number of hydrogen-bond donors (Lipinski definition) is 3. The van der Waals surface area contributed by atoms with Crippen LogP contribution < -0.4 is 5.32 Å². The zero-order chi connectivity index (χ0) is 12.2. The van der Waals surface area contributed by atoms with Crippen LogP contribution in [-0.4, -0.2) is 21.4 Å². The highest BCUT2D eigenvalue weighted by Crippen LogP contribution is 2.40. The summed E-state index contributed by atoms with van der Waals surface area (Å²) in [6, 6.07) is 9.15. The van der Waals surface area contributed by atoms with Gasteiger partial charge in [-0.1, -0.05) is 30.3 Å². The molecule has 1 unspecified atom stereocenters. The molecule has 0 fully saturated rings. The van der Waals surface area contributed by atoms with Gasteiger partial charge in [0.05, 0.1) is 0 Å². The summed E-state index contributed by atoms with van der Waals surface area (Å²) in [7, 11) is -4.35. The smallest absolute Gasteiger partial charge is 0.337 e. The van der Waals surface area contributed by atoms with Crippen molar-refractivity contribution < 1.29 is 19.1 Å². The molecule has 3 N–H and O–H groups in total. The Morgan fingerprint density at radius 2 is 1.94 bits per heavy atom. The summed E-state index contributed by atoms with van der Waals surface area (Å²) in [6.45, 7) is 1.48. The minimum Gasteiger partial charge on any atom is -0.351 e.